The number of hydrogen-bond donors (Lipinski definition) is 1. The van der Waals surface area contributed by atoms with Crippen LogP contribution in [0.25, 0.3) is 0 Å². The van der Waals surface area contributed by atoms with Crippen LogP contribution in [0.15, 0.2) is 35.2 Å². The molecule has 0 saturated heterocycles. The van der Waals surface area contributed by atoms with Crippen LogP contribution < -0.4 is 5.32 Å². The molecule has 4 aliphatic carbocycles. The van der Waals surface area contributed by atoms with Crippen LogP contribution in [0.5, 0.6) is 0 Å². The molecule has 4 saturated carbocycles. The van der Waals surface area contributed by atoms with Gasteiger partial charge in [0.05, 0.1) is 10.6 Å². The highest BCUT2D eigenvalue weighted by atomic mass is 32.2. The molecule has 0 amide bonds. The second-order valence-corrected chi connectivity index (χ2v) is 11.8. The number of nitrogens with zero attached hydrogens (tertiary/aromatic N) is 2. The first-order valence-electron chi connectivity index (χ1n) is 10.9. The van der Waals surface area contributed by atoms with Gasteiger partial charge < -0.3 is 5.32 Å². The van der Waals surface area contributed by atoms with Crippen LogP contribution in [-0.2, 0) is 22.3 Å². The Morgan fingerprint density at radius 2 is 1.79 bits per heavy atom. The highest BCUT2D eigenvalue weighted by Crippen LogP contribution is 2.58. The molecule has 0 spiro atoms. The van der Waals surface area contributed by atoms with E-state index in [2.05, 4.69) is 23.1 Å². The molecule has 1 aromatic carbocycles. The number of benzene rings is 1. The van der Waals surface area contributed by atoms with Crippen molar-refractivity contribution in [3.63, 3.8) is 0 Å². The number of aryl methyl sites for hydroxylation is 1. The molecule has 0 aliphatic heterocycles. The second-order valence-electron chi connectivity index (χ2n) is 9.79. The Kier molecular flexibility index (Phi) is 4.36. The minimum absolute atomic E-state index is 0.312. The zero-order valence-corrected chi connectivity index (χ0v) is 18.3. The van der Waals surface area contributed by atoms with E-state index in [9.17, 15) is 8.42 Å². The zero-order valence-electron chi connectivity index (χ0n) is 17.4. The van der Waals surface area contributed by atoms with Crippen LogP contribution in [0.4, 0.5) is 5.69 Å². The van der Waals surface area contributed by atoms with E-state index in [0.717, 1.165) is 12.2 Å². The topological polar surface area (TPSA) is 64.0 Å². The third kappa shape index (κ3) is 3.49. The molecule has 0 unspecified atom stereocenters. The molecule has 0 radical (unpaired) electrons. The van der Waals surface area contributed by atoms with E-state index < -0.39 is 9.84 Å². The van der Waals surface area contributed by atoms with Gasteiger partial charge >= 0.3 is 0 Å². The summed E-state index contributed by atoms with van der Waals surface area (Å²) in [6.07, 6.45) is 11.3. The summed E-state index contributed by atoms with van der Waals surface area (Å²) in [5, 5.41) is 8.39. The van der Waals surface area contributed by atoms with Crippen molar-refractivity contribution in [3.8, 4) is 0 Å². The minimum atomic E-state index is -3.17. The Bertz CT molecular complexity index is 1010. The van der Waals surface area contributed by atoms with E-state index in [1.165, 1.54) is 69.0 Å². The molecule has 1 N–H and O–H groups in total. The quantitative estimate of drug-likeness (QED) is 0.762. The highest BCUT2D eigenvalue weighted by molar-refractivity contribution is 7.90. The summed E-state index contributed by atoms with van der Waals surface area (Å²) in [6, 6.07) is 9.62. The third-order valence-electron chi connectivity index (χ3n) is 7.77. The molecule has 1 aromatic heterocycles. The minimum Gasteiger partial charge on any atom is -0.384 e. The Morgan fingerprint density at radius 3 is 2.41 bits per heavy atom. The molecular formula is C23H31N3O2S. The monoisotopic (exact) mass is 413 g/mol. The largest absolute Gasteiger partial charge is 0.384 e. The summed E-state index contributed by atoms with van der Waals surface area (Å²) in [5.74, 6) is 0.713. The average molecular weight is 414 g/mol. The lowest BCUT2D eigenvalue weighted by molar-refractivity contribution is 0.0462. The van der Waals surface area contributed by atoms with Gasteiger partial charge in [-0.1, -0.05) is 6.07 Å². The average Bonchev–Trinajstić information content (AvgIpc) is 3.49. The second kappa shape index (κ2) is 6.59. The summed E-state index contributed by atoms with van der Waals surface area (Å²) in [7, 11) is -1.04. The Morgan fingerprint density at radius 1 is 1.10 bits per heavy atom. The summed E-state index contributed by atoms with van der Waals surface area (Å²) in [5.41, 5.74) is 4.33. The van der Waals surface area contributed by atoms with Crippen molar-refractivity contribution in [1.82, 2.24) is 9.78 Å². The van der Waals surface area contributed by atoms with E-state index in [4.69, 9.17) is 5.10 Å². The predicted molar refractivity (Wildman–Crippen MR) is 115 cm³/mol. The Labute approximate surface area is 173 Å². The summed E-state index contributed by atoms with van der Waals surface area (Å²) < 4.78 is 25.8. The maximum absolute atomic E-state index is 11.8. The van der Waals surface area contributed by atoms with E-state index in [1.807, 2.05) is 12.1 Å². The maximum atomic E-state index is 11.8. The first kappa shape index (κ1) is 19.2. The van der Waals surface area contributed by atoms with Crippen molar-refractivity contribution in [2.75, 3.05) is 18.1 Å². The molecule has 2 aromatic rings. The van der Waals surface area contributed by atoms with Crippen molar-refractivity contribution in [2.45, 2.75) is 67.6 Å². The van der Waals surface area contributed by atoms with Crippen LogP contribution in [0, 0.1) is 5.41 Å². The van der Waals surface area contributed by atoms with Crippen molar-refractivity contribution < 1.29 is 8.42 Å². The number of aromatic nitrogens is 2. The fourth-order valence-corrected chi connectivity index (χ4v) is 6.27. The normalized spacial score (nSPS) is 29.2. The van der Waals surface area contributed by atoms with Crippen LogP contribution >= 0.6 is 0 Å². The molecule has 4 fully saturated rings. The predicted octanol–water partition coefficient (Wildman–Crippen LogP) is 4.41. The lowest BCUT2D eigenvalue weighted by Gasteiger charge is -2.53. The maximum Gasteiger partial charge on any atom is 0.175 e. The Balaban J connectivity index is 1.28. The van der Waals surface area contributed by atoms with Gasteiger partial charge in [-0.15, -0.1) is 0 Å². The van der Waals surface area contributed by atoms with Gasteiger partial charge in [0.25, 0.3) is 0 Å². The fraction of sp³-hybridized carbons (Fsp3) is 0.609. The van der Waals surface area contributed by atoms with Crippen molar-refractivity contribution in [3.05, 3.63) is 41.7 Å². The van der Waals surface area contributed by atoms with Gasteiger partial charge in [-0.25, -0.2) is 8.42 Å². The molecule has 5 nitrogen and oxygen atoms in total. The first-order valence-corrected chi connectivity index (χ1v) is 12.8. The molecule has 4 aliphatic rings. The van der Waals surface area contributed by atoms with Gasteiger partial charge in [-0.05, 0) is 81.0 Å². The number of sulfone groups is 1. The number of hydrogen-bond acceptors (Lipinski definition) is 4. The molecule has 0 atom stereocenters. The van der Waals surface area contributed by atoms with Gasteiger partial charge in [-0.2, -0.15) is 5.10 Å². The van der Waals surface area contributed by atoms with Crippen molar-refractivity contribution in [1.29, 1.82) is 0 Å². The lowest BCUT2D eigenvalue weighted by Crippen LogP contribution is -2.47. The SMILES string of the molecule is Cn1nc(C2CC2)cc1C12CCC(CNc3cccc(S(C)(=O)=O)c3)(CC1)CC2. The van der Waals surface area contributed by atoms with Gasteiger partial charge in [0.1, 0.15) is 0 Å². The van der Waals surface area contributed by atoms with Crippen molar-refractivity contribution in [2.24, 2.45) is 12.5 Å². The standard InChI is InChI=1S/C23H31N3O2S/c1-26-21(15-20(25-26)17-6-7-17)23-11-8-22(9-12-23,10-13-23)16-24-18-4-3-5-19(14-18)29(2,27)28/h3-5,14-15,17,24H,6-13,16H2,1-2H3. The van der Waals surface area contributed by atoms with Crippen LogP contribution in [0.2, 0.25) is 0 Å². The van der Waals surface area contributed by atoms with Crippen LogP contribution in [0.1, 0.15) is 68.7 Å². The first-order chi connectivity index (χ1) is 13.8. The molecule has 2 bridgehead atoms. The number of fused-ring (bicyclic) bond motifs is 3. The van der Waals surface area contributed by atoms with E-state index >= 15 is 0 Å². The number of nitrogens with one attached hydrogen (secondary N) is 1. The summed E-state index contributed by atoms with van der Waals surface area (Å²) >= 11 is 0. The van der Waals surface area contributed by atoms with E-state index in [-0.39, 0.29) is 0 Å². The van der Waals surface area contributed by atoms with Crippen LogP contribution in [-0.4, -0.2) is 31.0 Å². The van der Waals surface area contributed by atoms with Gasteiger partial charge in [-0.3, -0.25) is 4.68 Å². The summed E-state index contributed by atoms with van der Waals surface area (Å²) in [4.78, 5) is 0.383. The van der Waals surface area contributed by atoms with Gasteiger partial charge in [0, 0.05) is 42.6 Å². The van der Waals surface area contributed by atoms with Gasteiger partial charge in [0.15, 0.2) is 9.84 Å². The molecule has 6 rings (SSSR count). The fourth-order valence-electron chi connectivity index (χ4n) is 5.60. The molecule has 1 heterocycles. The molecule has 156 valence electrons. The number of rotatable bonds is 6. The highest BCUT2D eigenvalue weighted by Gasteiger charge is 2.50. The number of anilines is 1. The molecular weight excluding hydrogens is 382 g/mol. The van der Waals surface area contributed by atoms with E-state index in [1.54, 1.807) is 12.1 Å². The van der Waals surface area contributed by atoms with Gasteiger partial charge in [0.2, 0.25) is 0 Å². The zero-order chi connectivity index (χ0) is 20.3. The smallest absolute Gasteiger partial charge is 0.175 e. The molecule has 29 heavy (non-hydrogen) atoms. The molecule has 6 heteroatoms. The Hall–Kier alpha value is -1.82. The van der Waals surface area contributed by atoms with Crippen LogP contribution in [0.3, 0.4) is 0 Å². The lowest BCUT2D eigenvalue weighted by atomic mass is 9.52. The van der Waals surface area contributed by atoms with E-state index in [0.29, 0.717) is 21.6 Å². The third-order valence-corrected chi connectivity index (χ3v) is 8.88. The summed E-state index contributed by atoms with van der Waals surface area (Å²) in [6.45, 7) is 0.926. The van der Waals surface area contributed by atoms with Crippen molar-refractivity contribution >= 4 is 15.5 Å².